The van der Waals surface area contributed by atoms with Crippen LogP contribution in [0, 0.1) is 0 Å². The van der Waals surface area contributed by atoms with Crippen molar-refractivity contribution < 1.29 is 24.5 Å². The molecule has 11 heteroatoms. The number of fused-ring (bicyclic) bond motifs is 1. The number of amidine groups is 1. The van der Waals surface area contributed by atoms with E-state index in [1.54, 1.807) is 4.90 Å². The fraction of sp³-hybridized carbons (Fsp3) is 0.800. The number of unbranched alkanes of at least 4 members (excludes halogenated alkanes) is 6. The Hall–Kier alpha value is -1.59. The average Bonchev–Trinajstić information content (AvgIpc) is 3.28. The molecule has 4 N–H and O–H groups in total. The summed E-state index contributed by atoms with van der Waals surface area (Å²) in [6.45, 7) is 2.14. The van der Waals surface area contributed by atoms with Crippen molar-refractivity contribution in [2.45, 2.75) is 88.0 Å². The number of carbonyl (C=O) groups excluding carboxylic acids is 1. The van der Waals surface area contributed by atoms with Gasteiger partial charge in [-0.15, -0.1) is 0 Å². The van der Waals surface area contributed by atoms with Gasteiger partial charge >= 0.3 is 5.97 Å². The summed E-state index contributed by atoms with van der Waals surface area (Å²) < 4.78 is 11.0. The van der Waals surface area contributed by atoms with Crippen LogP contribution < -0.4 is 5.73 Å². The van der Waals surface area contributed by atoms with E-state index in [2.05, 4.69) is 21.9 Å². The van der Waals surface area contributed by atoms with Crippen molar-refractivity contribution in [3.05, 3.63) is 0 Å². The van der Waals surface area contributed by atoms with Gasteiger partial charge in [-0.05, 0) is 6.42 Å². The summed E-state index contributed by atoms with van der Waals surface area (Å²) in [7, 11) is 0. The van der Waals surface area contributed by atoms with Crippen molar-refractivity contribution in [3.8, 4) is 0 Å². The molecule has 10 nitrogen and oxygen atoms in total. The molecule has 31 heavy (non-hydrogen) atoms. The van der Waals surface area contributed by atoms with Gasteiger partial charge in [-0.25, -0.2) is 9.98 Å². The molecule has 0 aromatic carbocycles. The Balaban J connectivity index is 1.43. The fourth-order valence-corrected chi connectivity index (χ4v) is 4.04. The molecule has 1 unspecified atom stereocenters. The van der Waals surface area contributed by atoms with Crippen LogP contribution in [0.1, 0.15) is 58.3 Å². The maximum atomic E-state index is 12.0. The minimum Gasteiger partial charge on any atom is -0.463 e. The van der Waals surface area contributed by atoms with E-state index in [9.17, 15) is 15.0 Å². The first kappa shape index (κ1) is 24.1. The molecule has 0 aliphatic carbocycles. The predicted molar refractivity (Wildman–Crippen MR) is 117 cm³/mol. The van der Waals surface area contributed by atoms with Gasteiger partial charge in [-0.2, -0.15) is 0 Å². The highest BCUT2D eigenvalue weighted by Gasteiger charge is 2.50. The number of ether oxygens (including phenoxy) is 2. The lowest BCUT2D eigenvalue weighted by Crippen LogP contribution is -2.52. The van der Waals surface area contributed by atoms with E-state index in [1.807, 2.05) is 0 Å². The van der Waals surface area contributed by atoms with E-state index in [-0.39, 0.29) is 25.0 Å². The van der Waals surface area contributed by atoms with Crippen molar-refractivity contribution in [2.75, 3.05) is 13.3 Å². The summed E-state index contributed by atoms with van der Waals surface area (Å²) in [5.74, 6) is -0.00246. The predicted octanol–water partition coefficient (Wildman–Crippen LogP) is 1.12. The number of nitrogens with zero attached hydrogens (tertiary/aromatic N) is 4. The van der Waals surface area contributed by atoms with Gasteiger partial charge in [0.05, 0.1) is 0 Å². The number of nitrogens with two attached hydrogens (primary N) is 1. The lowest BCUT2D eigenvalue weighted by molar-refractivity contribution is -0.150. The molecule has 3 aliphatic heterocycles. The number of aliphatic hydroxyl groups excluding tert-OH is 2. The number of rotatable bonds is 11. The molecule has 1 saturated heterocycles. The monoisotopic (exact) mass is 457 g/mol. The zero-order valence-electron chi connectivity index (χ0n) is 17.8. The molecule has 0 aromatic heterocycles. The van der Waals surface area contributed by atoms with Crippen molar-refractivity contribution in [1.29, 1.82) is 0 Å². The van der Waals surface area contributed by atoms with Crippen LogP contribution in [-0.4, -0.2) is 81.9 Å². The fourth-order valence-electron chi connectivity index (χ4n) is 3.85. The third-order valence-corrected chi connectivity index (χ3v) is 5.94. The number of carbonyl (C=O) groups is 1. The SMILES string of the molecule is CCCCCCCCCC(=O)OC[C@H]1O[C@@H](N2CN=C3C2=NC=NC3(N)Cl)[C@H](O)[C@@H]1O. The number of aliphatic imine (C=N–C) groups is 3. The molecule has 3 aliphatic rings. The lowest BCUT2D eigenvalue weighted by Gasteiger charge is -2.30. The second-order valence-corrected chi connectivity index (χ2v) is 8.67. The van der Waals surface area contributed by atoms with Gasteiger partial charge in [0.1, 0.15) is 43.6 Å². The van der Waals surface area contributed by atoms with Crippen LogP contribution in [0.15, 0.2) is 15.0 Å². The quantitative estimate of drug-likeness (QED) is 0.182. The third-order valence-electron chi connectivity index (χ3n) is 5.66. The summed E-state index contributed by atoms with van der Waals surface area (Å²) in [5, 5.41) is 19.3. The van der Waals surface area contributed by atoms with Crippen molar-refractivity contribution in [1.82, 2.24) is 4.90 Å². The smallest absolute Gasteiger partial charge is 0.305 e. The standard InChI is InChI=1S/C20H32ClN5O5/c1-2-3-4-5-6-7-8-9-14(27)30-10-13-15(28)16(29)19(31-13)26-12-24-17-18(26)23-11-25-20(17,21)22/h11,13,15-16,19,28-29H,2-10,12,22H2,1H3/t13-,15-,16-,19-,20?/m1/s1. The van der Waals surface area contributed by atoms with E-state index >= 15 is 0 Å². The summed E-state index contributed by atoms with van der Waals surface area (Å²) in [6, 6.07) is 0. The molecular weight excluding hydrogens is 426 g/mol. The molecule has 5 atom stereocenters. The molecule has 3 rings (SSSR count). The van der Waals surface area contributed by atoms with E-state index in [1.165, 1.54) is 32.0 Å². The molecular formula is C20H32ClN5O5. The second kappa shape index (κ2) is 10.8. The van der Waals surface area contributed by atoms with Gasteiger partial charge in [-0.1, -0.05) is 57.0 Å². The molecule has 0 aromatic rings. The number of alkyl halides is 1. The van der Waals surface area contributed by atoms with Crippen LogP contribution >= 0.6 is 11.6 Å². The molecule has 0 radical (unpaired) electrons. The zero-order valence-corrected chi connectivity index (χ0v) is 18.6. The Kier molecular flexibility index (Phi) is 8.40. The molecule has 3 heterocycles. The zero-order chi connectivity index (χ0) is 22.4. The first-order chi connectivity index (χ1) is 14.8. The Morgan fingerprint density at radius 1 is 1.29 bits per heavy atom. The van der Waals surface area contributed by atoms with E-state index in [4.69, 9.17) is 26.8 Å². The van der Waals surface area contributed by atoms with Gasteiger partial charge < -0.3 is 24.6 Å². The molecule has 0 spiro atoms. The number of hydrogen-bond acceptors (Lipinski definition) is 10. The minimum absolute atomic E-state index is 0.0996. The number of halogens is 1. The summed E-state index contributed by atoms with van der Waals surface area (Å²) in [6.07, 6.45) is 5.08. The van der Waals surface area contributed by atoms with Crippen LogP contribution in [0.3, 0.4) is 0 Å². The third kappa shape index (κ3) is 5.81. The van der Waals surface area contributed by atoms with E-state index in [0.717, 1.165) is 19.3 Å². The van der Waals surface area contributed by atoms with Gasteiger partial charge in [-0.3, -0.25) is 15.5 Å². The summed E-state index contributed by atoms with van der Waals surface area (Å²) in [5.41, 5.74) is 6.16. The number of hydrogen-bond donors (Lipinski definition) is 3. The summed E-state index contributed by atoms with van der Waals surface area (Å²) >= 11 is 6.14. The highest BCUT2D eigenvalue weighted by molar-refractivity contribution is 6.56. The van der Waals surface area contributed by atoms with Crippen LogP contribution in [0.4, 0.5) is 0 Å². The van der Waals surface area contributed by atoms with Crippen LogP contribution in [0.2, 0.25) is 0 Å². The van der Waals surface area contributed by atoms with Crippen LogP contribution in [0.5, 0.6) is 0 Å². The Labute approximate surface area is 187 Å². The average molecular weight is 458 g/mol. The Bertz CT molecular complexity index is 729. The Morgan fingerprint density at radius 2 is 2.00 bits per heavy atom. The topological polar surface area (TPSA) is 142 Å². The maximum Gasteiger partial charge on any atom is 0.305 e. The maximum absolute atomic E-state index is 12.0. The summed E-state index contributed by atoms with van der Waals surface area (Å²) in [4.78, 5) is 25.8. The molecule has 0 bridgehead atoms. The van der Waals surface area contributed by atoms with Crippen molar-refractivity contribution in [2.24, 2.45) is 20.7 Å². The second-order valence-electron chi connectivity index (χ2n) is 8.09. The first-order valence-corrected chi connectivity index (χ1v) is 11.3. The van der Waals surface area contributed by atoms with Crippen LogP contribution in [0.25, 0.3) is 0 Å². The molecule has 174 valence electrons. The lowest BCUT2D eigenvalue weighted by atomic mass is 10.1. The van der Waals surface area contributed by atoms with Gasteiger partial charge in [0.2, 0.25) is 5.12 Å². The highest BCUT2D eigenvalue weighted by atomic mass is 35.5. The van der Waals surface area contributed by atoms with Crippen molar-refractivity contribution in [3.63, 3.8) is 0 Å². The van der Waals surface area contributed by atoms with Gasteiger partial charge in [0.25, 0.3) is 0 Å². The van der Waals surface area contributed by atoms with Gasteiger partial charge in [0, 0.05) is 6.42 Å². The first-order valence-electron chi connectivity index (χ1n) is 10.9. The van der Waals surface area contributed by atoms with Crippen molar-refractivity contribution >= 4 is 35.5 Å². The largest absolute Gasteiger partial charge is 0.463 e. The van der Waals surface area contributed by atoms with E-state index in [0.29, 0.717) is 12.3 Å². The normalized spacial score (nSPS) is 32.1. The van der Waals surface area contributed by atoms with Crippen LogP contribution in [-0.2, 0) is 14.3 Å². The molecule has 0 amide bonds. The minimum atomic E-state index is -1.53. The van der Waals surface area contributed by atoms with E-state index < -0.39 is 29.7 Å². The molecule has 1 fully saturated rings. The highest BCUT2D eigenvalue weighted by Crippen LogP contribution is 2.30. The van der Waals surface area contributed by atoms with Gasteiger partial charge in [0.15, 0.2) is 12.1 Å². The molecule has 0 saturated carbocycles. The number of esters is 1. The Morgan fingerprint density at radius 3 is 2.74 bits per heavy atom. The number of aliphatic hydroxyl groups is 2.